The van der Waals surface area contributed by atoms with Crippen LogP contribution in [0.4, 0.5) is 0 Å². The molecule has 2 heterocycles. The molecule has 4 heteroatoms. The van der Waals surface area contributed by atoms with Crippen LogP contribution >= 0.6 is 11.8 Å². The van der Waals surface area contributed by atoms with E-state index in [1.807, 2.05) is 18.7 Å². The molecule has 100 valence electrons. The molecule has 3 nitrogen and oxygen atoms in total. The van der Waals surface area contributed by atoms with Crippen molar-refractivity contribution < 1.29 is 9.84 Å². The Hall–Kier alpha value is 0.230. The van der Waals surface area contributed by atoms with Gasteiger partial charge in [-0.15, -0.1) is 0 Å². The first kappa shape index (κ1) is 13.7. The lowest BCUT2D eigenvalue weighted by Gasteiger charge is -2.38. The molecule has 2 fully saturated rings. The summed E-state index contributed by atoms with van der Waals surface area (Å²) in [6.07, 6.45) is 5.08. The quantitative estimate of drug-likeness (QED) is 0.790. The third-order valence-corrected chi connectivity index (χ3v) is 5.16. The molecular formula is C13H25NO2S. The molecule has 3 unspecified atom stereocenters. The molecule has 0 aromatic heterocycles. The van der Waals surface area contributed by atoms with E-state index in [2.05, 4.69) is 5.32 Å². The predicted octanol–water partition coefficient (Wildman–Crippen LogP) is 1.79. The van der Waals surface area contributed by atoms with Crippen LogP contribution in [0.3, 0.4) is 0 Å². The van der Waals surface area contributed by atoms with E-state index in [1.54, 1.807) is 0 Å². The average molecular weight is 259 g/mol. The lowest BCUT2D eigenvalue weighted by Crippen LogP contribution is -2.47. The first-order valence-corrected chi connectivity index (χ1v) is 8.03. The van der Waals surface area contributed by atoms with Gasteiger partial charge in [0.25, 0.3) is 0 Å². The largest absolute Gasteiger partial charge is 0.393 e. The average Bonchev–Trinajstić information content (AvgIpc) is 2.77. The Bertz CT molecular complexity index is 231. The molecule has 2 rings (SSSR count). The fourth-order valence-corrected chi connectivity index (χ4v) is 4.10. The van der Waals surface area contributed by atoms with E-state index >= 15 is 0 Å². The van der Waals surface area contributed by atoms with E-state index in [1.165, 1.54) is 17.9 Å². The molecule has 3 atom stereocenters. The summed E-state index contributed by atoms with van der Waals surface area (Å²) < 4.78 is 6.00. The first-order chi connectivity index (χ1) is 8.24. The van der Waals surface area contributed by atoms with Crippen molar-refractivity contribution in [2.75, 3.05) is 24.7 Å². The Morgan fingerprint density at radius 3 is 3.18 bits per heavy atom. The molecule has 2 aliphatic heterocycles. The monoisotopic (exact) mass is 259 g/mol. The minimum atomic E-state index is -0.140. The third-order valence-electron chi connectivity index (χ3n) is 3.94. The number of aliphatic hydroxyl groups is 1. The summed E-state index contributed by atoms with van der Waals surface area (Å²) in [5.41, 5.74) is 0.171. The second-order valence-corrected chi connectivity index (χ2v) is 6.43. The van der Waals surface area contributed by atoms with Crippen molar-refractivity contribution in [1.82, 2.24) is 5.32 Å². The summed E-state index contributed by atoms with van der Waals surface area (Å²) in [6.45, 7) is 3.86. The lowest BCUT2D eigenvalue weighted by molar-refractivity contribution is -0.0702. The van der Waals surface area contributed by atoms with Gasteiger partial charge in [0, 0.05) is 18.4 Å². The SMILES string of the molecule is CCC(O)CCNC1CCOC2(CCSC2)C1. The van der Waals surface area contributed by atoms with E-state index in [9.17, 15) is 5.11 Å². The highest BCUT2D eigenvalue weighted by atomic mass is 32.2. The van der Waals surface area contributed by atoms with Crippen LogP contribution < -0.4 is 5.32 Å². The molecular weight excluding hydrogens is 234 g/mol. The zero-order chi connectivity index (χ0) is 12.1. The minimum absolute atomic E-state index is 0.140. The zero-order valence-corrected chi connectivity index (χ0v) is 11.6. The van der Waals surface area contributed by atoms with Crippen LogP contribution in [0.5, 0.6) is 0 Å². The Kier molecular flexibility index (Phi) is 5.15. The summed E-state index contributed by atoms with van der Waals surface area (Å²) in [4.78, 5) is 0. The number of nitrogens with one attached hydrogen (secondary N) is 1. The van der Waals surface area contributed by atoms with Crippen LogP contribution in [0.1, 0.15) is 39.0 Å². The molecule has 2 N–H and O–H groups in total. The third kappa shape index (κ3) is 3.85. The first-order valence-electron chi connectivity index (χ1n) is 6.87. The highest BCUT2D eigenvalue weighted by molar-refractivity contribution is 7.99. The topological polar surface area (TPSA) is 41.5 Å². The summed E-state index contributed by atoms with van der Waals surface area (Å²) in [5, 5.41) is 13.1. The van der Waals surface area contributed by atoms with Crippen molar-refractivity contribution in [2.24, 2.45) is 0 Å². The molecule has 0 aliphatic carbocycles. The molecule has 17 heavy (non-hydrogen) atoms. The standard InChI is InChI=1S/C13H25NO2S/c1-2-12(15)3-6-14-11-4-7-16-13(9-11)5-8-17-10-13/h11-12,14-15H,2-10H2,1H3. The van der Waals surface area contributed by atoms with E-state index in [0.717, 1.165) is 38.8 Å². The van der Waals surface area contributed by atoms with Crippen LogP contribution in [0.15, 0.2) is 0 Å². The predicted molar refractivity (Wildman–Crippen MR) is 72.6 cm³/mol. The number of ether oxygens (including phenoxy) is 1. The minimum Gasteiger partial charge on any atom is -0.393 e. The van der Waals surface area contributed by atoms with E-state index in [4.69, 9.17) is 4.74 Å². The lowest BCUT2D eigenvalue weighted by atomic mass is 9.90. The van der Waals surface area contributed by atoms with Gasteiger partial charge in [-0.3, -0.25) is 0 Å². The van der Waals surface area contributed by atoms with Crippen LogP contribution in [0.25, 0.3) is 0 Å². The molecule has 0 bridgehead atoms. The highest BCUT2D eigenvalue weighted by Crippen LogP contribution is 2.38. The maximum absolute atomic E-state index is 9.52. The van der Waals surface area contributed by atoms with Crippen LogP contribution in [0, 0.1) is 0 Å². The fraction of sp³-hybridized carbons (Fsp3) is 1.00. The Morgan fingerprint density at radius 2 is 2.47 bits per heavy atom. The smallest absolute Gasteiger partial charge is 0.0795 e. The van der Waals surface area contributed by atoms with Crippen LogP contribution in [-0.2, 0) is 4.74 Å². The molecule has 0 amide bonds. The number of hydrogen-bond donors (Lipinski definition) is 2. The number of aliphatic hydroxyl groups excluding tert-OH is 1. The molecule has 0 radical (unpaired) electrons. The van der Waals surface area contributed by atoms with Crippen molar-refractivity contribution in [3.8, 4) is 0 Å². The van der Waals surface area contributed by atoms with Gasteiger partial charge >= 0.3 is 0 Å². The summed E-state index contributed by atoms with van der Waals surface area (Å²) in [7, 11) is 0. The van der Waals surface area contributed by atoms with Crippen molar-refractivity contribution in [3.05, 3.63) is 0 Å². The second kappa shape index (κ2) is 6.41. The number of thioether (sulfide) groups is 1. The summed E-state index contributed by atoms with van der Waals surface area (Å²) >= 11 is 2.02. The van der Waals surface area contributed by atoms with Gasteiger partial charge in [0.05, 0.1) is 11.7 Å². The molecule has 0 saturated carbocycles. The molecule has 0 aromatic carbocycles. The van der Waals surface area contributed by atoms with Crippen LogP contribution in [0.2, 0.25) is 0 Å². The fourth-order valence-electron chi connectivity index (χ4n) is 2.72. The van der Waals surface area contributed by atoms with Crippen molar-refractivity contribution >= 4 is 11.8 Å². The maximum Gasteiger partial charge on any atom is 0.0795 e. The highest BCUT2D eigenvalue weighted by Gasteiger charge is 2.40. The Balaban J connectivity index is 1.70. The van der Waals surface area contributed by atoms with E-state index < -0.39 is 0 Å². The summed E-state index contributed by atoms with van der Waals surface area (Å²) in [6, 6.07) is 0.589. The van der Waals surface area contributed by atoms with Gasteiger partial charge in [0.1, 0.15) is 0 Å². The van der Waals surface area contributed by atoms with Crippen molar-refractivity contribution in [2.45, 2.75) is 56.8 Å². The van der Waals surface area contributed by atoms with Gasteiger partial charge in [-0.2, -0.15) is 11.8 Å². The Labute approximate surface area is 109 Å². The van der Waals surface area contributed by atoms with Crippen molar-refractivity contribution in [1.29, 1.82) is 0 Å². The molecule has 1 spiro atoms. The second-order valence-electron chi connectivity index (χ2n) is 5.33. The summed E-state index contributed by atoms with van der Waals surface area (Å²) in [5.74, 6) is 2.42. The molecule has 2 saturated heterocycles. The van der Waals surface area contributed by atoms with E-state index in [0.29, 0.717) is 6.04 Å². The normalized spacial score (nSPS) is 35.3. The van der Waals surface area contributed by atoms with Crippen molar-refractivity contribution in [3.63, 3.8) is 0 Å². The van der Waals surface area contributed by atoms with E-state index in [-0.39, 0.29) is 11.7 Å². The Morgan fingerprint density at radius 1 is 1.59 bits per heavy atom. The molecule has 0 aromatic rings. The van der Waals surface area contributed by atoms with Gasteiger partial charge in [0.15, 0.2) is 0 Å². The number of hydrogen-bond acceptors (Lipinski definition) is 4. The van der Waals surface area contributed by atoms with Gasteiger partial charge < -0.3 is 15.2 Å². The maximum atomic E-state index is 9.52. The number of rotatable bonds is 5. The van der Waals surface area contributed by atoms with Gasteiger partial charge in [-0.25, -0.2) is 0 Å². The van der Waals surface area contributed by atoms with Gasteiger partial charge in [0.2, 0.25) is 0 Å². The zero-order valence-electron chi connectivity index (χ0n) is 10.8. The molecule has 2 aliphatic rings. The van der Waals surface area contributed by atoms with Gasteiger partial charge in [-0.1, -0.05) is 6.92 Å². The van der Waals surface area contributed by atoms with Crippen LogP contribution in [-0.4, -0.2) is 47.5 Å². The van der Waals surface area contributed by atoms with Gasteiger partial charge in [-0.05, 0) is 44.4 Å².